The van der Waals surface area contributed by atoms with Gasteiger partial charge in [-0.25, -0.2) is 0 Å². The molecule has 0 aliphatic heterocycles. The fourth-order valence-electron chi connectivity index (χ4n) is 3.33. The summed E-state index contributed by atoms with van der Waals surface area (Å²) in [6.45, 7) is 0. The molecule has 4 heteroatoms. The Kier molecular flexibility index (Phi) is 4.27. The summed E-state index contributed by atoms with van der Waals surface area (Å²) in [5.74, 6) is -0.349. The van der Waals surface area contributed by atoms with Gasteiger partial charge in [0, 0.05) is 12.6 Å². The molecular formula is C15H24N2O2. The highest BCUT2D eigenvalue weighted by Gasteiger charge is 2.45. The Morgan fingerprint density at radius 1 is 1.16 bits per heavy atom. The molecule has 0 spiro atoms. The van der Waals surface area contributed by atoms with E-state index in [1.807, 2.05) is 0 Å². The van der Waals surface area contributed by atoms with E-state index < -0.39 is 5.54 Å². The Labute approximate surface area is 115 Å². The zero-order valence-corrected chi connectivity index (χ0v) is 11.8. The third-order valence-corrected chi connectivity index (χ3v) is 4.65. The number of rotatable bonds is 3. The van der Waals surface area contributed by atoms with Gasteiger partial charge in [0.15, 0.2) is 0 Å². The van der Waals surface area contributed by atoms with Crippen LogP contribution in [0.2, 0.25) is 0 Å². The second kappa shape index (κ2) is 5.76. The number of allylic oxidation sites excluding steroid dienone is 1. The first kappa shape index (κ1) is 14.1. The average molecular weight is 264 g/mol. The maximum absolute atomic E-state index is 12.6. The summed E-state index contributed by atoms with van der Waals surface area (Å²) in [7, 11) is 1.74. The van der Waals surface area contributed by atoms with Gasteiger partial charge in [-0.2, -0.15) is 0 Å². The average Bonchev–Trinajstić information content (AvgIpc) is 2.74. The van der Waals surface area contributed by atoms with Crippen molar-refractivity contribution in [3.05, 3.63) is 11.6 Å². The van der Waals surface area contributed by atoms with Crippen molar-refractivity contribution in [1.29, 1.82) is 0 Å². The maximum Gasteiger partial charge on any atom is 0.250 e. The van der Waals surface area contributed by atoms with Gasteiger partial charge in [0.1, 0.15) is 5.54 Å². The summed E-state index contributed by atoms with van der Waals surface area (Å²) in [5, 5.41) is 0. The number of amides is 2. The first-order chi connectivity index (χ1) is 9.08. The number of nitrogens with zero attached hydrogens (tertiary/aromatic N) is 1. The van der Waals surface area contributed by atoms with Crippen LogP contribution < -0.4 is 5.73 Å². The molecule has 2 rings (SSSR count). The first-order valence-electron chi connectivity index (χ1n) is 7.35. The highest BCUT2D eigenvalue weighted by molar-refractivity contribution is 5.98. The number of nitrogens with two attached hydrogens (primary N) is 1. The van der Waals surface area contributed by atoms with Gasteiger partial charge in [0.2, 0.25) is 11.8 Å². The minimum atomic E-state index is -0.746. The van der Waals surface area contributed by atoms with Gasteiger partial charge in [0.05, 0.1) is 0 Å². The molecule has 0 aromatic carbocycles. The number of hydrogen-bond acceptors (Lipinski definition) is 2. The Balaban J connectivity index is 2.17. The fraction of sp³-hybridized carbons (Fsp3) is 0.733. The lowest BCUT2D eigenvalue weighted by Gasteiger charge is -2.36. The van der Waals surface area contributed by atoms with Crippen LogP contribution in [-0.4, -0.2) is 29.3 Å². The van der Waals surface area contributed by atoms with Gasteiger partial charge in [-0.15, -0.1) is 0 Å². The zero-order chi connectivity index (χ0) is 13.9. The standard InChI is InChI=1S/C15H24N2O2/c1-17(15(14(16)19)10-6-7-11-15)13(18)12-8-4-2-3-5-9-12/h8H,2-7,9-11H2,1H3,(H2,16,19). The normalized spacial score (nSPS) is 22.5. The molecule has 19 heavy (non-hydrogen) atoms. The van der Waals surface area contributed by atoms with Crippen molar-refractivity contribution in [2.45, 2.75) is 63.3 Å². The third kappa shape index (κ3) is 2.67. The number of carbonyl (C=O) groups excluding carboxylic acids is 2. The SMILES string of the molecule is CN(C(=O)C1=CCCCCC1)C1(C(N)=O)CCCC1. The molecule has 2 aliphatic rings. The smallest absolute Gasteiger partial charge is 0.250 e. The second-order valence-electron chi connectivity index (χ2n) is 5.80. The van der Waals surface area contributed by atoms with E-state index in [4.69, 9.17) is 5.73 Å². The van der Waals surface area contributed by atoms with Crippen molar-refractivity contribution >= 4 is 11.8 Å². The molecule has 0 bridgehead atoms. The van der Waals surface area contributed by atoms with E-state index in [1.54, 1.807) is 11.9 Å². The lowest BCUT2D eigenvalue weighted by Crippen LogP contribution is -2.56. The summed E-state index contributed by atoms with van der Waals surface area (Å²) in [6, 6.07) is 0. The van der Waals surface area contributed by atoms with Crippen LogP contribution in [0.25, 0.3) is 0 Å². The van der Waals surface area contributed by atoms with E-state index in [0.717, 1.165) is 44.1 Å². The lowest BCUT2D eigenvalue weighted by molar-refractivity contribution is -0.141. The molecular weight excluding hydrogens is 240 g/mol. The highest BCUT2D eigenvalue weighted by Crippen LogP contribution is 2.35. The van der Waals surface area contributed by atoms with Gasteiger partial charge in [-0.05, 0) is 38.5 Å². The van der Waals surface area contributed by atoms with Gasteiger partial charge < -0.3 is 10.6 Å². The largest absolute Gasteiger partial charge is 0.368 e. The van der Waals surface area contributed by atoms with E-state index in [1.165, 1.54) is 6.42 Å². The van der Waals surface area contributed by atoms with Crippen LogP contribution in [0.3, 0.4) is 0 Å². The van der Waals surface area contributed by atoms with Crippen molar-refractivity contribution in [1.82, 2.24) is 4.90 Å². The van der Waals surface area contributed by atoms with Crippen LogP contribution >= 0.6 is 0 Å². The fourth-order valence-corrected chi connectivity index (χ4v) is 3.33. The molecule has 1 fully saturated rings. The van der Waals surface area contributed by atoms with Crippen molar-refractivity contribution in [2.24, 2.45) is 5.73 Å². The van der Waals surface area contributed by atoms with Crippen LogP contribution in [0, 0.1) is 0 Å². The van der Waals surface area contributed by atoms with Gasteiger partial charge in [-0.3, -0.25) is 9.59 Å². The quantitative estimate of drug-likeness (QED) is 0.848. The van der Waals surface area contributed by atoms with E-state index in [0.29, 0.717) is 12.8 Å². The summed E-state index contributed by atoms with van der Waals surface area (Å²) in [4.78, 5) is 26.1. The second-order valence-corrected chi connectivity index (χ2v) is 5.80. The molecule has 1 saturated carbocycles. The molecule has 0 atom stereocenters. The molecule has 0 unspecified atom stereocenters. The monoisotopic (exact) mass is 264 g/mol. The topological polar surface area (TPSA) is 63.4 Å². The van der Waals surface area contributed by atoms with Crippen molar-refractivity contribution in [2.75, 3.05) is 7.05 Å². The minimum absolute atomic E-state index is 0.00241. The molecule has 4 nitrogen and oxygen atoms in total. The van der Waals surface area contributed by atoms with E-state index in [2.05, 4.69) is 6.08 Å². The number of likely N-dealkylation sites (N-methyl/N-ethyl adjacent to an activating group) is 1. The Morgan fingerprint density at radius 3 is 2.47 bits per heavy atom. The summed E-state index contributed by atoms with van der Waals surface area (Å²) in [5.41, 5.74) is 5.70. The van der Waals surface area contributed by atoms with Crippen LogP contribution in [0.5, 0.6) is 0 Å². The van der Waals surface area contributed by atoms with Crippen molar-refractivity contribution < 1.29 is 9.59 Å². The van der Waals surface area contributed by atoms with Crippen LogP contribution in [0.15, 0.2) is 11.6 Å². The molecule has 2 aliphatic carbocycles. The number of primary amides is 1. The lowest BCUT2D eigenvalue weighted by atomic mass is 9.93. The van der Waals surface area contributed by atoms with Gasteiger partial charge in [0.25, 0.3) is 0 Å². The molecule has 0 radical (unpaired) electrons. The predicted octanol–water partition coefficient (Wildman–Crippen LogP) is 2.13. The first-order valence-corrected chi connectivity index (χ1v) is 7.35. The Hall–Kier alpha value is -1.32. The van der Waals surface area contributed by atoms with Crippen LogP contribution in [-0.2, 0) is 9.59 Å². The third-order valence-electron chi connectivity index (χ3n) is 4.65. The molecule has 0 heterocycles. The molecule has 2 N–H and O–H groups in total. The van der Waals surface area contributed by atoms with Crippen LogP contribution in [0.1, 0.15) is 57.8 Å². The minimum Gasteiger partial charge on any atom is -0.368 e. The summed E-state index contributed by atoms with van der Waals surface area (Å²) in [6.07, 6.45) is 10.6. The zero-order valence-electron chi connectivity index (χ0n) is 11.8. The molecule has 0 aromatic rings. The molecule has 2 amide bonds. The summed E-state index contributed by atoms with van der Waals surface area (Å²) < 4.78 is 0. The van der Waals surface area contributed by atoms with E-state index >= 15 is 0 Å². The Bertz CT molecular complexity index is 395. The number of carbonyl (C=O) groups is 2. The molecule has 106 valence electrons. The van der Waals surface area contributed by atoms with Gasteiger partial charge in [-0.1, -0.05) is 25.3 Å². The molecule has 0 saturated heterocycles. The predicted molar refractivity (Wildman–Crippen MR) is 74.3 cm³/mol. The number of hydrogen-bond donors (Lipinski definition) is 1. The van der Waals surface area contributed by atoms with Crippen molar-refractivity contribution in [3.8, 4) is 0 Å². The summed E-state index contributed by atoms with van der Waals surface area (Å²) >= 11 is 0. The van der Waals surface area contributed by atoms with Gasteiger partial charge >= 0.3 is 0 Å². The maximum atomic E-state index is 12.6. The Morgan fingerprint density at radius 2 is 1.84 bits per heavy atom. The molecule has 0 aromatic heterocycles. The van der Waals surface area contributed by atoms with Crippen LogP contribution in [0.4, 0.5) is 0 Å². The van der Waals surface area contributed by atoms with E-state index in [9.17, 15) is 9.59 Å². The highest BCUT2D eigenvalue weighted by atomic mass is 16.2. The van der Waals surface area contributed by atoms with Crippen molar-refractivity contribution in [3.63, 3.8) is 0 Å². The van der Waals surface area contributed by atoms with E-state index in [-0.39, 0.29) is 11.8 Å².